The van der Waals surface area contributed by atoms with Crippen molar-refractivity contribution in [2.24, 2.45) is 0 Å². The molecule has 0 bridgehead atoms. The molecule has 34 heavy (non-hydrogen) atoms. The number of anilines is 1. The van der Waals surface area contributed by atoms with E-state index in [1.165, 1.54) is 42.2 Å². The molecule has 0 atom stereocenters. The molecule has 0 saturated carbocycles. The van der Waals surface area contributed by atoms with Crippen molar-refractivity contribution in [1.29, 1.82) is 0 Å². The third-order valence-electron chi connectivity index (χ3n) is 5.47. The van der Waals surface area contributed by atoms with Crippen LogP contribution in [0.3, 0.4) is 0 Å². The highest BCUT2D eigenvalue weighted by molar-refractivity contribution is 6.34. The number of amides is 2. The number of hydrogen-bond acceptors (Lipinski definition) is 4. The van der Waals surface area contributed by atoms with E-state index in [2.05, 4.69) is 27.2 Å². The zero-order valence-corrected chi connectivity index (χ0v) is 18.9. The number of likely N-dealkylation sites (tertiary alicyclic amines) is 1. The number of carbonyl (C=O) groups excluding carboxylic acids is 2. The number of nitrogens with zero attached hydrogens (tertiary/aromatic N) is 4. The number of benzene rings is 1. The molecule has 174 valence electrons. The summed E-state index contributed by atoms with van der Waals surface area (Å²) in [5.74, 6) is 3.32. The Bertz CT molecular complexity index is 1310. The second-order valence-electron chi connectivity index (χ2n) is 7.79. The van der Waals surface area contributed by atoms with E-state index in [0.29, 0.717) is 31.5 Å². The topological polar surface area (TPSA) is 80.1 Å². The van der Waals surface area contributed by atoms with E-state index in [0.717, 1.165) is 6.07 Å². The first-order valence-electron chi connectivity index (χ1n) is 10.5. The van der Waals surface area contributed by atoms with Crippen molar-refractivity contribution in [3.05, 3.63) is 76.2 Å². The van der Waals surface area contributed by atoms with Crippen molar-refractivity contribution in [2.75, 3.05) is 18.4 Å². The zero-order chi connectivity index (χ0) is 24.2. The number of piperidine rings is 1. The van der Waals surface area contributed by atoms with Crippen molar-refractivity contribution in [3.8, 4) is 11.8 Å². The van der Waals surface area contributed by atoms with Crippen LogP contribution in [0, 0.1) is 23.5 Å². The number of rotatable bonds is 3. The van der Waals surface area contributed by atoms with Gasteiger partial charge in [-0.2, -0.15) is 5.10 Å². The number of aromatic nitrogens is 3. The van der Waals surface area contributed by atoms with Gasteiger partial charge in [-0.15, -0.1) is 0 Å². The first-order chi connectivity index (χ1) is 16.3. The molecule has 2 amide bonds. The lowest BCUT2D eigenvalue weighted by Gasteiger charge is -2.32. The quantitative estimate of drug-likeness (QED) is 0.570. The molecule has 2 aromatic heterocycles. The molecular weight excluding hydrogens is 464 g/mol. The summed E-state index contributed by atoms with van der Waals surface area (Å²) >= 11 is 6.21. The molecule has 1 fully saturated rings. The van der Waals surface area contributed by atoms with Crippen molar-refractivity contribution < 1.29 is 18.4 Å². The summed E-state index contributed by atoms with van der Waals surface area (Å²) in [6.07, 6.45) is 3.90. The molecule has 3 aromatic rings. The van der Waals surface area contributed by atoms with Gasteiger partial charge in [0.05, 0.1) is 17.3 Å². The minimum Gasteiger partial charge on any atom is -0.343 e. The van der Waals surface area contributed by atoms with Gasteiger partial charge in [0.15, 0.2) is 11.6 Å². The average molecular weight is 484 g/mol. The lowest BCUT2D eigenvalue weighted by atomic mass is 10.0. The summed E-state index contributed by atoms with van der Waals surface area (Å²) in [7, 11) is 0. The monoisotopic (exact) mass is 483 g/mol. The van der Waals surface area contributed by atoms with E-state index < -0.39 is 17.5 Å². The van der Waals surface area contributed by atoms with Gasteiger partial charge in [-0.3, -0.25) is 14.3 Å². The Hall–Kier alpha value is -3.77. The fourth-order valence-corrected chi connectivity index (χ4v) is 3.95. The van der Waals surface area contributed by atoms with Crippen molar-refractivity contribution >= 4 is 29.2 Å². The largest absolute Gasteiger partial charge is 0.343 e. The second kappa shape index (κ2) is 10.0. The minimum absolute atomic E-state index is 0.000493. The molecule has 1 aliphatic rings. The van der Waals surface area contributed by atoms with Crippen molar-refractivity contribution in [2.45, 2.75) is 25.8 Å². The third kappa shape index (κ3) is 5.24. The van der Waals surface area contributed by atoms with E-state index in [1.54, 1.807) is 11.0 Å². The highest BCUT2D eigenvalue weighted by atomic mass is 35.5. The Morgan fingerprint density at radius 2 is 1.85 bits per heavy atom. The van der Waals surface area contributed by atoms with Gasteiger partial charge in [0.25, 0.3) is 5.91 Å². The fraction of sp³-hybridized carbons (Fsp3) is 0.250. The van der Waals surface area contributed by atoms with Crippen molar-refractivity contribution in [1.82, 2.24) is 19.7 Å². The number of hydrogen-bond donors (Lipinski definition) is 1. The summed E-state index contributed by atoms with van der Waals surface area (Å²) in [5, 5.41) is 6.79. The van der Waals surface area contributed by atoms with Crippen LogP contribution < -0.4 is 5.32 Å². The standard InChI is InChI=1S/C24H20ClF2N5O2/c1-15(33)31-9-7-19(8-10-31)32-22(20(25)14-29-32)24(34)30-23-21(27)12-17(13-28-23)6-5-16-3-2-4-18(26)11-16/h2-4,11-14,19H,7-10H2,1H3,(H,28,30,34). The number of nitrogens with one attached hydrogen (secondary N) is 1. The first-order valence-corrected chi connectivity index (χ1v) is 10.9. The summed E-state index contributed by atoms with van der Waals surface area (Å²) < 4.78 is 29.4. The summed E-state index contributed by atoms with van der Waals surface area (Å²) in [6, 6.07) is 6.73. The molecule has 0 aliphatic carbocycles. The number of pyridine rings is 1. The van der Waals surface area contributed by atoms with Gasteiger partial charge in [-0.25, -0.2) is 13.8 Å². The van der Waals surface area contributed by atoms with E-state index in [4.69, 9.17) is 11.6 Å². The minimum atomic E-state index is -0.781. The smallest absolute Gasteiger partial charge is 0.276 e. The van der Waals surface area contributed by atoms with Crippen LogP contribution in [-0.4, -0.2) is 44.6 Å². The number of halogens is 3. The summed E-state index contributed by atoms with van der Waals surface area (Å²) in [5.41, 5.74) is 0.800. The van der Waals surface area contributed by atoms with Gasteiger partial charge in [-0.05, 0) is 37.1 Å². The Kier molecular flexibility index (Phi) is 6.89. The molecule has 0 unspecified atom stereocenters. The summed E-state index contributed by atoms with van der Waals surface area (Å²) in [6.45, 7) is 2.61. The molecule has 10 heteroatoms. The van der Waals surface area contributed by atoms with E-state index >= 15 is 0 Å². The van der Waals surface area contributed by atoms with Crippen LogP contribution in [0.5, 0.6) is 0 Å². The van der Waals surface area contributed by atoms with Crippen molar-refractivity contribution in [3.63, 3.8) is 0 Å². The predicted molar refractivity (Wildman–Crippen MR) is 122 cm³/mol. The zero-order valence-electron chi connectivity index (χ0n) is 18.2. The number of carbonyl (C=O) groups is 2. The second-order valence-corrected chi connectivity index (χ2v) is 8.20. The highest BCUT2D eigenvalue weighted by Gasteiger charge is 2.28. The Morgan fingerprint density at radius 1 is 1.12 bits per heavy atom. The van der Waals surface area contributed by atoms with E-state index in [9.17, 15) is 18.4 Å². The molecule has 7 nitrogen and oxygen atoms in total. The van der Waals surface area contributed by atoms with Gasteiger partial charge in [0.2, 0.25) is 5.91 Å². The average Bonchev–Trinajstić information content (AvgIpc) is 3.21. The predicted octanol–water partition coefficient (Wildman–Crippen LogP) is 4.05. The molecule has 3 heterocycles. The molecule has 4 rings (SSSR count). The molecule has 0 spiro atoms. The molecule has 0 radical (unpaired) electrons. The third-order valence-corrected chi connectivity index (χ3v) is 5.75. The normalized spacial score (nSPS) is 13.8. The molecular formula is C24H20ClF2N5O2. The van der Waals surface area contributed by atoms with Crippen LogP contribution in [0.25, 0.3) is 0 Å². The maximum atomic E-state index is 14.6. The maximum Gasteiger partial charge on any atom is 0.276 e. The van der Waals surface area contributed by atoms with Crippen LogP contribution in [0.2, 0.25) is 5.02 Å². The molecule has 1 saturated heterocycles. The van der Waals surface area contributed by atoms with Gasteiger partial charge < -0.3 is 10.2 Å². The van der Waals surface area contributed by atoms with Crippen LogP contribution in [0.4, 0.5) is 14.6 Å². The SMILES string of the molecule is CC(=O)N1CCC(n2ncc(Cl)c2C(=O)Nc2ncc(C#Cc3cccc(F)c3)cc2F)CC1. The van der Waals surface area contributed by atoms with Gasteiger partial charge in [0, 0.05) is 37.3 Å². The summed E-state index contributed by atoms with van der Waals surface area (Å²) in [4.78, 5) is 30.2. The fourth-order valence-electron chi connectivity index (χ4n) is 3.73. The van der Waals surface area contributed by atoms with Gasteiger partial charge >= 0.3 is 0 Å². The lowest BCUT2D eigenvalue weighted by Crippen LogP contribution is -2.38. The molecule has 1 aromatic carbocycles. The van der Waals surface area contributed by atoms with Crippen LogP contribution in [-0.2, 0) is 4.79 Å². The molecule has 1 N–H and O–H groups in total. The van der Waals surface area contributed by atoms with Gasteiger partial charge in [0.1, 0.15) is 11.5 Å². The Balaban J connectivity index is 1.48. The highest BCUT2D eigenvalue weighted by Crippen LogP contribution is 2.27. The van der Waals surface area contributed by atoms with E-state index in [1.807, 2.05) is 0 Å². The van der Waals surface area contributed by atoms with E-state index in [-0.39, 0.29) is 34.0 Å². The first kappa shape index (κ1) is 23.4. The molecule has 1 aliphatic heterocycles. The van der Waals surface area contributed by atoms with Gasteiger partial charge in [-0.1, -0.05) is 29.5 Å². The van der Waals surface area contributed by atoms with Crippen LogP contribution >= 0.6 is 11.6 Å². The Labute approximate surface area is 199 Å². The van der Waals surface area contributed by atoms with Crippen LogP contribution in [0.15, 0.2) is 42.7 Å². The lowest BCUT2D eigenvalue weighted by molar-refractivity contribution is -0.130. The Morgan fingerprint density at radius 3 is 2.53 bits per heavy atom. The maximum absolute atomic E-state index is 14.6. The van der Waals surface area contributed by atoms with Crippen LogP contribution in [0.1, 0.15) is 47.4 Å².